The molecule has 0 unspecified atom stereocenters. The number of fused-ring (bicyclic) bond motifs is 1. The van der Waals surface area contributed by atoms with E-state index >= 15 is 0 Å². The topological polar surface area (TPSA) is 41.7 Å². The van der Waals surface area contributed by atoms with E-state index in [1.165, 1.54) is 16.8 Å². The Balaban J connectivity index is 1.94. The minimum atomic E-state index is 0.277. The van der Waals surface area contributed by atoms with Crippen LogP contribution in [-0.2, 0) is 12.8 Å². The van der Waals surface area contributed by atoms with E-state index in [1.807, 2.05) is 0 Å². The maximum Gasteiger partial charge on any atom is 0.122 e. The third-order valence-corrected chi connectivity index (χ3v) is 4.66. The molecule has 1 atom stereocenters. The first-order valence-electron chi connectivity index (χ1n) is 7.57. The maximum atomic E-state index is 6.14. The summed E-state index contributed by atoms with van der Waals surface area (Å²) in [4.78, 5) is 4.91. The van der Waals surface area contributed by atoms with Crippen LogP contribution in [-0.4, -0.2) is 51.3 Å². The summed E-state index contributed by atoms with van der Waals surface area (Å²) >= 11 is 0. The quantitative estimate of drug-likeness (QED) is 0.882. The lowest BCUT2D eigenvalue weighted by Gasteiger charge is -2.37. The molecule has 0 amide bonds. The predicted octanol–water partition coefficient (Wildman–Crippen LogP) is 1.26. The van der Waals surface area contributed by atoms with Crippen molar-refractivity contribution in [3.05, 3.63) is 23.3 Å². The average Bonchev–Trinajstić information content (AvgIpc) is 2.47. The maximum absolute atomic E-state index is 6.14. The third-order valence-electron chi connectivity index (χ3n) is 4.66. The fraction of sp³-hybridized carbons (Fsp3) is 0.625. The van der Waals surface area contributed by atoms with Gasteiger partial charge in [-0.15, -0.1) is 0 Å². The van der Waals surface area contributed by atoms with Crippen molar-refractivity contribution in [3.63, 3.8) is 0 Å². The van der Waals surface area contributed by atoms with E-state index < -0.39 is 0 Å². The Kier molecular flexibility index (Phi) is 3.85. The minimum absolute atomic E-state index is 0.277. The average molecular weight is 275 g/mol. The molecule has 0 aromatic heterocycles. The SMILES string of the molecule is COc1ccc(N2CCN(C)CC2)c2c1C[C@H](N)CC2. The number of anilines is 1. The van der Waals surface area contributed by atoms with Crippen LogP contribution in [0.15, 0.2) is 12.1 Å². The molecule has 4 heteroatoms. The fourth-order valence-electron chi connectivity index (χ4n) is 3.39. The van der Waals surface area contributed by atoms with Gasteiger partial charge in [0.05, 0.1) is 7.11 Å². The number of benzene rings is 1. The van der Waals surface area contributed by atoms with Gasteiger partial charge in [-0.1, -0.05) is 0 Å². The lowest BCUT2D eigenvalue weighted by Crippen LogP contribution is -2.45. The number of nitrogens with zero attached hydrogens (tertiary/aromatic N) is 2. The molecule has 0 spiro atoms. The van der Waals surface area contributed by atoms with Gasteiger partial charge < -0.3 is 20.3 Å². The second-order valence-electron chi connectivity index (χ2n) is 6.04. The van der Waals surface area contributed by atoms with Crippen molar-refractivity contribution < 1.29 is 4.74 Å². The fourth-order valence-corrected chi connectivity index (χ4v) is 3.39. The highest BCUT2D eigenvalue weighted by molar-refractivity contribution is 5.62. The molecular weight excluding hydrogens is 250 g/mol. The van der Waals surface area contributed by atoms with Crippen molar-refractivity contribution in [1.82, 2.24) is 4.90 Å². The lowest BCUT2D eigenvalue weighted by atomic mass is 9.86. The highest BCUT2D eigenvalue weighted by Crippen LogP contribution is 2.36. The van der Waals surface area contributed by atoms with Crippen LogP contribution in [0.2, 0.25) is 0 Å². The molecule has 1 aromatic rings. The zero-order valence-electron chi connectivity index (χ0n) is 12.6. The Bertz CT molecular complexity index is 481. The van der Waals surface area contributed by atoms with E-state index in [0.717, 1.165) is 51.2 Å². The molecule has 0 saturated carbocycles. The standard InChI is InChI=1S/C16H25N3O/c1-18-7-9-19(10-8-18)15-5-6-16(20-2)14-11-12(17)3-4-13(14)15/h5-6,12H,3-4,7-11,17H2,1-2H3/t12-/m1/s1. The van der Waals surface area contributed by atoms with Crippen molar-refractivity contribution in [3.8, 4) is 5.75 Å². The van der Waals surface area contributed by atoms with Crippen LogP contribution in [0.25, 0.3) is 0 Å². The number of piperazine rings is 1. The summed E-state index contributed by atoms with van der Waals surface area (Å²) in [5.74, 6) is 1.01. The second kappa shape index (κ2) is 5.62. The summed E-state index contributed by atoms with van der Waals surface area (Å²) in [6.45, 7) is 4.50. The molecular formula is C16H25N3O. The molecule has 2 aliphatic rings. The van der Waals surface area contributed by atoms with Crippen molar-refractivity contribution in [1.29, 1.82) is 0 Å². The summed E-state index contributed by atoms with van der Waals surface area (Å²) in [7, 11) is 3.95. The van der Waals surface area contributed by atoms with Crippen LogP contribution in [0.4, 0.5) is 5.69 Å². The van der Waals surface area contributed by atoms with Gasteiger partial charge in [0.2, 0.25) is 0 Å². The molecule has 1 aliphatic carbocycles. The number of methoxy groups -OCH3 is 1. The van der Waals surface area contributed by atoms with Gasteiger partial charge in [0.25, 0.3) is 0 Å². The van der Waals surface area contributed by atoms with Gasteiger partial charge in [-0.25, -0.2) is 0 Å². The van der Waals surface area contributed by atoms with Crippen molar-refractivity contribution in [2.75, 3.05) is 45.2 Å². The predicted molar refractivity (Wildman–Crippen MR) is 82.7 cm³/mol. The van der Waals surface area contributed by atoms with Crippen LogP contribution in [0.3, 0.4) is 0 Å². The summed E-state index contributed by atoms with van der Waals surface area (Å²) in [5.41, 5.74) is 10.4. The normalized spacial score (nSPS) is 23.6. The zero-order chi connectivity index (χ0) is 14.1. The Morgan fingerprint density at radius 3 is 2.60 bits per heavy atom. The summed E-state index contributed by atoms with van der Waals surface area (Å²) in [6, 6.07) is 4.63. The molecule has 20 heavy (non-hydrogen) atoms. The molecule has 1 saturated heterocycles. The monoisotopic (exact) mass is 275 g/mol. The smallest absolute Gasteiger partial charge is 0.122 e. The van der Waals surface area contributed by atoms with E-state index in [9.17, 15) is 0 Å². The largest absolute Gasteiger partial charge is 0.496 e. The molecule has 0 bridgehead atoms. The molecule has 1 aliphatic heterocycles. The first-order chi connectivity index (χ1) is 9.69. The Morgan fingerprint density at radius 2 is 1.90 bits per heavy atom. The zero-order valence-corrected chi connectivity index (χ0v) is 12.6. The van der Waals surface area contributed by atoms with Crippen molar-refractivity contribution in [2.24, 2.45) is 5.73 Å². The van der Waals surface area contributed by atoms with Gasteiger partial charge in [-0.2, -0.15) is 0 Å². The van der Waals surface area contributed by atoms with Gasteiger partial charge >= 0.3 is 0 Å². The Labute approximate surface area is 121 Å². The van der Waals surface area contributed by atoms with Gasteiger partial charge in [-0.05, 0) is 44.0 Å². The van der Waals surface area contributed by atoms with Crippen LogP contribution >= 0.6 is 0 Å². The first kappa shape index (κ1) is 13.7. The molecule has 1 heterocycles. The van der Waals surface area contributed by atoms with Crippen LogP contribution in [0.5, 0.6) is 5.75 Å². The Morgan fingerprint density at radius 1 is 1.15 bits per heavy atom. The van der Waals surface area contributed by atoms with E-state index in [-0.39, 0.29) is 6.04 Å². The number of nitrogens with two attached hydrogens (primary N) is 1. The second-order valence-corrected chi connectivity index (χ2v) is 6.04. The van der Waals surface area contributed by atoms with E-state index in [2.05, 4.69) is 29.0 Å². The third kappa shape index (κ3) is 2.50. The van der Waals surface area contributed by atoms with Crippen LogP contribution in [0, 0.1) is 0 Å². The van der Waals surface area contributed by atoms with Gasteiger partial charge in [0, 0.05) is 43.5 Å². The van der Waals surface area contributed by atoms with Crippen molar-refractivity contribution in [2.45, 2.75) is 25.3 Å². The molecule has 2 N–H and O–H groups in total. The number of ether oxygens (including phenoxy) is 1. The minimum Gasteiger partial charge on any atom is -0.496 e. The molecule has 0 radical (unpaired) electrons. The molecule has 3 rings (SSSR count). The number of likely N-dealkylation sites (N-methyl/N-ethyl adjacent to an activating group) is 1. The number of rotatable bonds is 2. The van der Waals surface area contributed by atoms with Crippen LogP contribution in [0.1, 0.15) is 17.5 Å². The first-order valence-corrected chi connectivity index (χ1v) is 7.57. The van der Waals surface area contributed by atoms with Gasteiger partial charge in [-0.3, -0.25) is 0 Å². The van der Waals surface area contributed by atoms with Crippen molar-refractivity contribution >= 4 is 5.69 Å². The number of hydrogen-bond acceptors (Lipinski definition) is 4. The lowest BCUT2D eigenvalue weighted by molar-refractivity contribution is 0.312. The highest BCUT2D eigenvalue weighted by atomic mass is 16.5. The molecule has 110 valence electrons. The molecule has 4 nitrogen and oxygen atoms in total. The van der Waals surface area contributed by atoms with E-state index in [4.69, 9.17) is 10.5 Å². The summed E-state index contributed by atoms with van der Waals surface area (Å²) in [6.07, 6.45) is 3.11. The van der Waals surface area contributed by atoms with E-state index in [0.29, 0.717) is 0 Å². The molecule has 1 aromatic carbocycles. The van der Waals surface area contributed by atoms with Gasteiger partial charge in [0.1, 0.15) is 5.75 Å². The van der Waals surface area contributed by atoms with Gasteiger partial charge in [0.15, 0.2) is 0 Å². The summed E-state index contributed by atoms with van der Waals surface area (Å²) < 4.78 is 5.54. The number of hydrogen-bond donors (Lipinski definition) is 1. The van der Waals surface area contributed by atoms with Crippen LogP contribution < -0.4 is 15.4 Å². The molecule has 1 fully saturated rings. The Hall–Kier alpha value is -1.26. The highest BCUT2D eigenvalue weighted by Gasteiger charge is 2.25. The summed E-state index contributed by atoms with van der Waals surface area (Å²) in [5, 5.41) is 0. The van der Waals surface area contributed by atoms with E-state index in [1.54, 1.807) is 7.11 Å².